The molecule has 4 fully saturated rings. The van der Waals surface area contributed by atoms with Crippen LogP contribution in [0.4, 0.5) is 11.4 Å². The van der Waals surface area contributed by atoms with Crippen molar-refractivity contribution in [1.29, 1.82) is 0 Å². The zero-order valence-electron chi connectivity index (χ0n) is 35.6. The predicted octanol–water partition coefficient (Wildman–Crippen LogP) is 15.3. The quantitative estimate of drug-likeness (QED) is 0.155. The molecule has 3 aliphatic carbocycles. The molecule has 0 aromatic heterocycles. The maximum atomic E-state index is 8.73. The van der Waals surface area contributed by atoms with Crippen molar-refractivity contribution in [3.8, 4) is 0 Å². The molecule has 2 aromatic rings. The van der Waals surface area contributed by atoms with Gasteiger partial charge in [-0.25, -0.2) is 0 Å². The van der Waals surface area contributed by atoms with Crippen LogP contribution in [0, 0.1) is 41.5 Å². The van der Waals surface area contributed by atoms with Crippen molar-refractivity contribution < 1.29 is 11.9 Å². The fourth-order valence-electron chi connectivity index (χ4n) is 12.0. The molecule has 2 aromatic carbocycles. The molecule has 4 aliphatic rings. The van der Waals surface area contributed by atoms with Gasteiger partial charge in [0.05, 0.1) is 0 Å². The van der Waals surface area contributed by atoms with E-state index in [0.29, 0.717) is 12.1 Å². The molecular weight excluding hydrogens is 807 g/mol. The summed E-state index contributed by atoms with van der Waals surface area (Å²) in [5, 5.41) is 0. The molecule has 0 amide bonds. The Morgan fingerprint density at radius 3 is 1.17 bits per heavy atom. The van der Waals surface area contributed by atoms with Crippen LogP contribution in [0.5, 0.6) is 0 Å². The topological polar surface area (TPSA) is 6.48 Å². The predicted molar refractivity (Wildman–Crippen MR) is 243 cm³/mol. The number of benzene rings is 2. The van der Waals surface area contributed by atoms with Gasteiger partial charge in [-0.05, 0) is 0 Å². The maximum absolute atomic E-state index is 8.73. The fraction of sp³-hybridized carbons (Fsp3) is 0.708. The average Bonchev–Trinajstić information content (AvgIpc) is 3.45. The van der Waals surface area contributed by atoms with Gasteiger partial charge >= 0.3 is 345 Å². The number of halogens is 2. The number of hydrogen-bond acceptors (Lipinski definition) is 2. The molecule has 1 saturated heterocycles. The van der Waals surface area contributed by atoms with Gasteiger partial charge in [0.2, 0.25) is 0 Å². The second-order valence-corrected chi connectivity index (χ2v) is 32.5. The van der Waals surface area contributed by atoms with Crippen LogP contribution in [-0.4, -0.2) is 37.8 Å². The third-order valence-corrected chi connectivity index (χ3v) is 29.7. The van der Waals surface area contributed by atoms with Crippen molar-refractivity contribution in [2.75, 3.05) is 9.80 Å². The van der Waals surface area contributed by atoms with Crippen LogP contribution in [0.15, 0.2) is 24.3 Å². The van der Waals surface area contributed by atoms with Crippen molar-refractivity contribution in [2.24, 2.45) is 0 Å². The van der Waals surface area contributed by atoms with Crippen LogP contribution >= 0.6 is 26.6 Å². The van der Waals surface area contributed by atoms with E-state index in [4.69, 9.17) is 19.4 Å². The number of nitrogens with zero attached hydrogens (tertiary/aromatic N) is 2. The summed E-state index contributed by atoms with van der Waals surface area (Å²) in [5.41, 5.74) is 13.4. The molecule has 0 radical (unpaired) electrons. The van der Waals surface area contributed by atoms with E-state index in [1.807, 2.05) is 0 Å². The third-order valence-electron chi connectivity index (χ3n) is 14.1. The van der Waals surface area contributed by atoms with E-state index < -0.39 is 19.2 Å². The van der Waals surface area contributed by atoms with E-state index in [9.17, 15) is 0 Å². The molecule has 0 spiro atoms. The molecule has 54 heavy (non-hydrogen) atoms. The normalized spacial score (nSPS) is 23.0. The van der Waals surface area contributed by atoms with Gasteiger partial charge in [0.15, 0.2) is 0 Å². The summed E-state index contributed by atoms with van der Waals surface area (Å²) in [6, 6.07) is 10.4. The standard InChI is InChI=1S/C29H42N2.C19H34P.2ClH.Ru/c1-9-11-13-26-27(14-12-10-2)31(29-24(7)17-21(4)18-25(29)8)19-30(26)28-22(5)15-20(3)16-23(28)6;1-20(17-11-5-2-6-12-17,18-13-7-3-8-14-18)19-15-9-4-10-16-19;;;/h15-18,26-27H,9-14H2,1-8H3;1,17-19H,2-16H2;2*1H;/q;+1;;;+2/p-2/t26-,27-;;;;/m0..../s1. The number of anilines is 2. The Morgan fingerprint density at radius 1 is 0.556 bits per heavy atom. The number of aryl methyl sites for hydroxylation is 6. The van der Waals surface area contributed by atoms with Crippen LogP contribution in [0.25, 0.3) is 0 Å². The van der Waals surface area contributed by atoms with Gasteiger partial charge in [-0.15, -0.1) is 0 Å². The van der Waals surface area contributed by atoms with Gasteiger partial charge in [0.1, 0.15) is 0 Å². The average molecular weight is 884 g/mol. The number of unbranched alkanes of at least 4 members (excludes halogenated alkanes) is 2. The van der Waals surface area contributed by atoms with Crippen molar-refractivity contribution in [1.82, 2.24) is 0 Å². The Kier molecular flexibility index (Phi) is 15.1. The molecule has 304 valence electrons. The molecule has 1 heterocycles. The summed E-state index contributed by atoms with van der Waals surface area (Å²) in [6.07, 6.45) is 28.3. The Hall–Kier alpha value is -0.587. The molecule has 2 nitrogen and oxygen atoms in total. The summed E-state index contributed by atoms with van der Waals surface area (Å²) >= 11 is -3.78. The molecule has 0 unspecified atom stereocenters. The minimum atomic E-state index is -3.78. The van der Waals surface area contributed by atoms with E-state index >= 15 is 0 Å². The van der Waals surface area contributed by atoms with Crippen molar-refractivity contribution in [3.63, 3.8) is 0 Å². The van der Waals surface area contributed by atoms with Crippen molar-refractivity contribution in [3.05, 3.63) is 57.6 Å². The second-order valence-electron chi connectivity index (χ2n) is 18.2. The molecule has 2 atom stereocenters. The SMILES string of the molecule is CCCC[C@H]1[C@H](CCCC)N(c2c(C)cc(C)cc2C)[C](=[Ru]([Cl])([Cl])=[CH][P+](C2CCCCC2)(C2CCCCC2)C2CCCCC2)N1c1c(C)cc(C)cc1C. The van der Waals surface area contributed by atoms with E-state index in [1.165, 1.54) is 184 Å². The summed E-state index contributed by atoms with van der Waals surface area (Å²) < 4.78 is 4.31. The second kappa shape index (κ2) is 19.0. The fourth-order valence-corrected chi connectivity index (χ4v) is 33.2. The monoisotopic (exact) mass is 883 g/mol. The Balaban J connectivity index is 1.77. The summed E-state index contributed by atoms with van der Waals surface area (Å²) in [4.78, 5) is 5.69. The molecule has 1 aliphatic heterocycles. The van der Waals surface area contributed by atoms with Crippen molar-refractivity contribution in [2.45, 2.75) is 219 Å². The van der Waals surface area contributed by atoms with Gasteiger partial charge in [-0.2, -0.15) is 0 Å². The Bertz CT molecular complexity index is 1530. The van der Waals surface area contributed by atoms with Gasteiger partial charge in [-0.1, -0.05) is 0 Å². The minimum absolute atomic E-state index is 0.338. The van der Waals surface area contributed by atoms with E-state index in [2.05, 4.69) is 93.8 Å². The first kappa shape index (κ1) is 43.0. The third kappa shape index (κ3) is 8.86. The van der Waals surface area contributed by atoms with Crippen LogP contribution in [-0.2, 0) is 11.9 Å². The summed E-state index contributed by atoms with van der Waals surface area (Å²) in [5.74, 6) is 0. The number of rotatable bonds is 12. The van der Waals surface area contributed by atoms with Crippen LogP contribution < -0.4 is 9.80 Å². The zero-order chi connectivity index (χ0) is 38.6. The molecule has 0 bridgehead atoms. The number of hydrogen-bond donors (Lipinski definition) is 0. The van der Waals surface area contributed by atoms with E-state index in [1.54, 1.807) is 0 Å². The summed E-state index contributed by atoms with van der Waals surface area (Å²) in [6.45, 7) is 18.7. The van der Waals surface area contributed by atoms with Crippen LogP contribution in [0.1, 0.15) is 182 Å². The first-order chi connectivity index (χ1) is 25.9. The molecular formula is C48H76Cl2N2PRu+. The van der Waals surface area contributed by atoms with Gasteiger partial charge < -0.3 is 0 Å². The van der Waals surface area contributed by atoms with E-state index in [-0.39, 0.29) is 0 Å². The zero-order valence-corrected chi connectivity index (χ0v) is 39.7. The first-order valence-corrected chi connectivity index (χ1v) is 30.8. The Labute approximate surface area is 343 Å². The Morgan fingerprint density at radius 2 is 0.870 bits per heavy atom. The van der Waals surface area contributed by atoms with Gasteiger partial charge in [-0.3, -0.25) is 0 Å². The van der Waals surface area contributed by atoms with Crippen molar-refractivity contribution >= 4 is 46.7 Å². The van der Waals surface area contributed by atoms with Crippen LogP contribution in [0.2, 0.25) is 0 Å². The molecule has 6 heteroatoms. The molecule has 3 saturated carbocycles. The summed E-state index contributed by atoms with van der Waals surface area (Å²) in [7, 11) is 15.8. The van der Waals surface area contributed by atoms with Gasteiger partial charge in [0, 0.05) is 0 Å². The molecule has 6 rings (SSSR count). The van der Waals surface area contributed by atoms with E-state index in [0.717, 1.165) is 17.0 Å². The molecule has 0 N–H and O–H groups in total. The van der Waals surface area contributed by atoms with Gasteiger partial charge in [0.25, 0.3) is 0 Å². The van der Waals surface area contributed by atoms with Crippen LogP contribution in [0.3, 0.4) is 0 Å². The first-order valence-electron chi connectivity index (χ1n) is 22.4.